The van der Waals surface area contributed by atoms with Crippen molar-refractivity contribution in [3.05, 3.63) is 11.6 Å². The number of allylic oxidation sites excluding steroid dienone is 1. The van der Waals surface area contributed by atoms with Gasteiger partial charge in [0.15, 0.2) is 12.4 Å². The molecule has 43 heavy (non-hydrogen) atoms. The van der Waals surface area contributed by atoms with E-state index < -0.39 is 30.6 Å². The van der Waals surface area contributed by atoms with Crippen LogP contribution in [-0.2, 0) is 28.5 Å². The zero-order chi connectivity index (χ0) is 31.1. The summed E-state index contributed by atoms with van der Waals surface area (Å²) in [5, 5.41) is 0. The third-order valence-electron chi connectivity index (χ3n) is 12.8. The normalized spacial score (nSPS) is 43.2. The van der Waals surface area contributed by atoms with Crippen LogP contribution in [0.1, 0.15) is 132 Å². The summed E-state index contributed by atoms with van der Waals surface area (Å²) >= 11 is 0. The second kappa shape index (κ2) is 13.1. The lowest BCUT2D eigenvalue weighted by Gasteiger charge is -2.58. The van der Waals surface area contributed by atoms with Crippen LogP contribution in [0.5, 0.6) is 0 Å². The number of hydrogen-bond donors (Lipinski definition) is 0. The third-order valence-corrected chi connectivity index (χ3v) is 12.8. The molecule has 12 atom stereocenters. The first-order chi connectivity index (χ1) is 20.3. The molecule has 4 aliphatic carbocycles. The van der Waals surface area contributed by atoms with Crippen LogP contribution in [0.3, 0.4) is 0 Å². The van der Waals surface area contributed by atoms with Gasteiger partial charge in [0.05, 0.1) is 12.2 Å². The largest absolute Gasteiger partial charge is 0.458 e. The van der Waals surface area contributed by atoms with Crippen molar-refractivity contribution in [3.8, 4) is 0 Å². The molecule has 1 saturated heterocycles. The predicted molar refractivity (Wildman–Crippen MR) is 168 cm³/mol. The molecule has 0 aromatic rings. The maximum Gasteiger partial charge on any atom is 0.303 e. The molecular formula is C37H60O6. The summed E-state index contributed by atoms with van der Waals surface area (Å²) in [6, 6.07) is 0. The summed E-state index contributed by atoms with van der Waals surface area (Å²) in [5.74, 6) is 4.23. The van der Waals surface area contributed by atoms with Crippen LogP contribution < -0.4 is 0 Å². The van der Waals surface area contributed by atoms with Gasteiger partial charge < -0.3 is 18.9 Å². The first-order valence-electron chi connectivity index (χ1n) is 17.7. The van der Waals surface area contributed by atoms with Gasteiger partial charge in [-0.05, 0) is 105 Å². The van der Waals surface area contributed by atoms with E-state index in [1.165, 1.54) is 65.2 Å². The van der Waals surface area contributed by atoms with Gasteiger partial charge in [0, 0.05) is 20.3 Å². The quantitative estimate of drug-likeness (QED) is 0.195. The van der Waals surface area contributed by atoms with E-state index in [1.54, 1.807) is 5.57 Å². The molecule has 0 aromatic carbocycles. The predicted octanol–water partition coefficient (Wildman–Crippen LogP) is 8.41. The SMILES string of the molecule is CC(=O)O[C@H]1[C@H](C)O[C@@H](O[C@H]2CC[C@@]3(C)C(=CC[C@H]4[C@@H]5CC[C@H]([C@H](C)CCCC(C)C)[C@@]5(C)CC[C@@H]43)C2)C[C@@H]1OC(C)=O. The highest BCUT2D eigenvalue weighted by atomic mass is 16.7. The number of rotatable bonds is 9. The first-order valence-corrected chi connectivity index (χ1v) is 17.7. The summed E-state index contributed by atoms with van der Waals surface area (Å²) in [6.45, 7) is 17.1. The van der Waals surface area contributed by atoms with Gasteiger partial charge in [0.2, 0.25) is 0 Å². The van der Waals surface area contributed by atoms with Crippen molar-refractivity contribution in [1.82, 2.24) is 0 Å². The molecule has 6 nitrogen and oxygen atoms in total. The van der Waals surface area contributed by atoms with Crippen molar-refractivity contribution >= 4 is 11.9 Å². The van der Waals surface area contributed by atoms with E-state index in [0.717, 1.165) is 54.8 Å². The van der Waals surface area contributed by atoms with Gasteiger partial charge in [0.1, 0.15) is 6.10 Å². The van der Waals surface area contributed by atoms with E-state index in [-0.39, 0.29) is 17.5 Å². The van der Waals surface area contributed by atoms with E-state index in [2.05, 4.69) is 40.7 Å². The summed E-state index contributed by atoms with van der Waals surface area (Å²) in [5.41, 5.74) is 2.38. The van der Waals surface area contributed by atoms with Crippen LogP contribution in [-0.4, -0.2) is 42.6 Å². The molecule has 0 radical (unpaired) electrons. The maximum absolute atomic E-state index is 11.8. The summed E-state index contributed by atoms with van der Waals surface area (Å²) in [4.78, 5) is 23.5. The maximum atomic E-state index is 11.8. The highest BCUT2D eigenvalue weighted by Gasteiger charge is 2.59. The number of carbonyl (C=O) groups excluding carboxylic acids is 2. The van der Waals surface area contributed by atoms with Crippen LogP contribution in [0.25, 0.3) is 0 Å². The Morgan fingerprint density at radius 2 is 1.72 bits per heavy atom. The fourth-order valence-corrected chi connectivity index (χ4v) is 10.8. The van der Waals surface area contributed by atoms with Gasteiger partial charge in [-0.15, -0.1) is 0 Å². The van der Waals surface area contributed by atoms with E-state index in [1.807, 2.05) is 6.92 Å². The summed E-state index contributed by atoms with van der Waals surface area (Å²) in [7, 11) is 0. The van der Waals surface area contributed by atoms with Gasteiger partial charge in [-0.25, -0.2) is 0 Å². The van der Waals surface area contributed by atoms with E-state index >= 15 is 0 Å². The number of hydrogen-bond acceptors (Lipinski definition) is 6. The van der Waals surface area contributed by atoms with Crippen molar-refractivity contribution in [1.29, 1.82) is 0 Å². The highest BCUT2D eigenvalue weighted by Crippen LogP contribution is 2.67. The molecule has 0 unspecified atom stereocenters. The summed E-state index contributed by atoms with van der Waals surface area (Å²) < 4.78 is 23.8. The lowest BCUT2D eigenvalue weighted by molar-refractivity contribution is -0.269. The highest BCUT2D eigenvalue weighted by molar-refractivity contribution is 5.67. The van der Waals surface area contributed by atoms with Gasteiger partial charge in [-0.1, -0.05) is 65.5 Å². The van der Waals surface area contributed by atoms with Crippen molar-refractivity contribution in [2.75, 3.05) is 0 Å². The molecule has 1 heterocycles. The van der Waals surface area contributed by atoms with Crippen LogP contribution in [0.4, 0.5) is 0 Å². The van der Waals surface area contributed by atoms with Crippen LogP contribution >= 0.6 is 0 Å². The van der Waals surface area contributed by atoms with Gasteiger partial charge in [0.25, 0.3) is 0 Å². The number of fused-ring (bicyclic) bond motifs is 5. The molecular weight excluding hydrogens is 540 g/mol. The van der Waals surface area contributed by atoms with Crippen molar-refractivity contribution in [3.63, 3.8) is 0 Å². The fourth-order valence-electron chi connectivity index (χ4n) is 10.8. The zero-order valence-electron chi connectivity index (χ0n) is 28.4. The molecule has 1 aliphatic heterocycles. The van der Waals surface area contributed by atoms with Gasteiger partial charge in [-0.2, -0.15) is 0 Å². The minimum Gasteiger partial charge on any atom is -0.458 e. The van der Waals surface area contributed by atoms with E-state index in [4.69, 9.17) is 18.9 Å². The Morgan fingerprint density at radius 3 is 2.42 bits per heavy atom. The van der Waals surface area contributed by atoms with Gasteiger partial charge >= 0.3 is 11.9 Å². The number of ether oxygens (including phenoxy) is 4. The average Bonchev–Trinajstić information content (AvgIpc) is 3.27. The lowest BCUT2D eigenvalue weighted by Crippen LogP contribution is -2.53. The molecule has 0 amide bonds. The average molecular weight is 601 g/mol. The van der Waals surface area contributed by atoms with Crippen LogP contribution in [0.2, 0.25) is 0 Å². The molecule has 0 N–H and O–H groups in total. The molecule has 0 aromatic heterocycles. The monoisotopic (exact) mass is 600 g/mol. The van der Waals surface area contributed by atoms with E-state index in [9.17, 15) is 9.59 Å². The summed E-state index contributed by atoms with van der Waals surface area (Å²) in [6.07, 6.45) is 15.1. The van der Waals surface area contributed by atoms with Crippen molar-refractivity contribution in [2.45, 2.75) is 163 Å². The Hall–Kier alpha value is -1.40. The minimum atomic E-state index is -0.621. The fraction of sp³-hybridized carbons (Fsp3) is 0.892. The molecule has 4 fully saturated rings. The molecule has 0 bridgehead atoms. The Kier molecular flexibility index (Phi) is 10.1. The number of carbonyl (C=O) groups is 2. The van der Waals surface area contributed by atoms with Crippen LogP contribution in [0, 0.1) is 46.3 Å². The second-order valence-electron chi connectivity index (χ2n) is 16.0. The van der Waals surface area contributed by atoms with E-state index in [0.29, 0.717) is 11.8 Å². The van der Waals surface area contributed by atoms with Gasteiger partial charge in [-0.3, -0.25) is 9.59 Å². The van der Waals surface area contributed by atoms with Crippen molar-refractivity contribution < 1.29 is 28.5 Å². The minimum absolute atomic E-state index is 0.0905. The number of esters is 2. The van der Waals surface area contributed by atoms with Crippen LogP contribution in [0.15, 0.2) is 11.6 Å². The Balaban J connectivity index is 1.22. The smallest absolute Gasteiger partial charge is 0.303 e. The van der Waals surface area contributed by atoms with Crippen molar-refractivity contribution in [2.24, 2.45) is 46.3 Å². The zero-order valence-corrected chi connectivity index (χ0v) is 28.4. The standard InChI is InChI=1S/C37H60O6/c1-22(2)10-9-11-23(3)30-14-15-31-29-13-12-27-20-28(16-18-36(27,7)32(29)17-19-37(30,31)8)43-34-21-33(41-25(5)38)35(24(4)40-34)42-26(6)39/h12,22-24,28-35H,9-11,13-21H2,1-8H3/t23-,24+,28+,29+,30-,31+,32+,33+,34+,35+,36+,37-/m1/s1. The molecule has 5 aliphatic rings. The molecule has 0 spiro atoms. The second-order valence-corrected chi connectivity index (χ2v) is 16.0. The molecule has 244 valence electrons. The lowest BCUT2D eigenvalue weighted by atomic mass is 9.47. The Bertz CT molecular complexity index is 1040. The Morgan fingerprint density at radius 1 is 0.977 bits per heavy atom. The first kappa shape index (κ1) is 33.0. The molecule has 3 saturated carbocycles. The molecule has 5 rings (SSSR count). The molecule has 6 heteroatoms. The third kappa shape index (κ3) is 6.76. The Labute approximate surface area is 261 Å². The topological polar surface area (TPSA) is 71.1 Å².